The Morgan fingerprint density at radius 1 is 1.17 bits per heavy atom. The zero-order valence-corrected chi connectivity index (χ0v) is 9.90. The maximum Gasteiger partial charge on any atom is 0.225 e. The van der Waals surface area contributed by atoms with E-state index >= 15 is 0 Å². The van der Waals surface area contributed by atoms with E-state index in [0.717, 1.165) is 31.0 Å². The van der Waals surface area contributed by atoms with Gasteiger partial charge in [-0.15, -0.1) is 0 Å². The van der Waals surface area contributed by atoms with Crippen LogP contribution in [0, 0.1) is 0 Å². The first kappa shape index (κ1) is 10.9. The lowest BCUT2D eigenvalue weighted by atomic mass is 10.1. The van der Waals surface area contributed by atoms with Gasteiger partial charge in [0.2, 0.25) is 11.9 Å². The van der Waals surface area contributed by atoms with E-state index in [-0.39, 0.29) is 6.04 Å². The molecule has 1 atom stereocenters. The molecular weight excluding hydrogens is 228 g/mol. The molecule has 0 amide bonds. The molecular formula is C12H14N6. The molecule has 2 aromatic rings. The monoisotopic (exact) mass is 242 g/mol. The van der Waals surface area contributed by atoms with Gasteiger partial charge in [-0.2, -0.15) is 0 Å². The second kappa shape index (κ2) is 4.56. The number of hydrogen-bond donors (Lipinski definition) is 1. The summed E-state index contributed by atoms with van der Waals surface area (Å²) < 4.78 is 0. The van der Waals surface area contributed by atoms with Crippen molar-refractivity contribution in [1.82, 2.24) is 19.9 Å². The lowest BCUT2D eigenvalue weighted by Crippen LogP contribution is -2.25. The first-order valence-electron chi connectivity index (χ1n) is 5.96. The molecule has 0 aliphatic carbocycles. The highest BCUT2D eigenvalue weighted by molar-refractivity contribution is 5.36. The molecule has 92 valence electrons. The molecule has 3 heterocycles. The second-order valence-corrected chi connectivity index (χ2v) is 4.24. The molecule has 1 aliphatic heterocycles. The summed E-state index contributed by atoms with van der Waals surface area (Å²) in [4.78, 5) is 19.0. The van der Waals surface area contributed by atoms with Gasteiger partial charge in [0.25, 0.3) is 0 Å². The molecule has 1 unspecified atom stereocenters. The summed E-state index contributed by atoms with van der Waals surface area (Å²) in [5.74, 6) is 1.06. The van der Waals surface area contributed by atoms with Gasteiger partial charge in [-0.25, -0.2) is 19.9 Å². The Hall–Kier alpha value is -2.24. The summed E-state index contributed by atoms with van der Waals surface area (Å²) in [6, 6.07) is 3.91. The van der Waals surface area contributed by atoms with Crippen LogP contribution < -0.4 is 10.6 Å². The summed E-state index contributed by atoms with van der Waals surface area (Å²) in [5.41, 5.74) is 6.58. The van der Waals surface area contributed by atoms with Gasteiger partial charge >= 0.3 is 0 Å². The van der Waals surface area contributed by atoms with E-state index in [0.29, 0.717) is 5.95 Å². The Morgan fingerprint density at radius 3 is 2.78 bits per heavy atom. The maximum atomic E-state index is 5.64. The van der Waals surface area contributed by atoms with Crippen molar-refractivity contribution in [2.45, 2.75) is 18.9 Å². The molecule has 18 heavy (non-hydrogen) atoms. The summed E-state index contributed by atoms with van der Waals surface area (Å²) in [5, 5.41) is 0. The van der Waals surface area contributed by atoms with Gasteiger partial charge in [0, 0.05) is 25.1 Å². The van der Waals surface area contributed by atoms with Crippen molar-refractivity contribution in [2.75, 3.05) is 17.2 Å². The van der Waals surface area contributed by atoms with Crippen molar-refractivity contribution in [3.8, 4) is 0 Å². The van der Waals surface area contributed by atoms with E-state index in [9.17, 15) is 0 Å². The largest absolute Gasteiger partial charge is 0.368 e. The molecule has 0 bridgehead atoms. The van der Waals surface area contributed by atoms with Gasteiger partial charge in [0.15, 0.2) is 0 Å². The van der Waals surface area contributed by atoms with E-state index in [2.05, 4.69) is 24.8 Å². The van der Waals surface area contributed by atoms with Crippen LogP contribution in [0.3, 0.4) is 0 Å². The minimum atomic E-state index is 0.192. The van der Waals surface area contributed by atoms with Gasteiger partial charge < -0.3 is 10.6 Å². The lowest BCUT2D eigenvalue weighted by molar-refractivity contribution is 0.678. The van der Waals surface area contributed by atoms with Crippen LogP contribution in [0.2, 0.25) is 0 Å². The molecule has 0 saturated carbocycles. The van der Waals surface area contributed by atoms with Crippen molar-refractivity contribution in [3.63, 3.8) is 0 Å². The Labute approximate surface area is 105 Å². The van der Waals surface area contributed by atoms with Crippen LogP contribution in [0.5, 0.6) is 0 Å². The molecule has 1 aliphatic rings. The Kier molecular flexibility index (Phi) is 2.76. The predicted molar refractivity (Wildman–Crippen MR) is 67.8 cm³/mol. The quantitative estimate of drug-likeness (QED) is 0.852. The van der Waals surface area contributed by atoms with Crippen molar-refractivity contribution in [2.24, 2.45) is 0 Å². The van der Waals surface area contributed by atoms with E-state index < -0.39 is 0 Å². The standard InChI is InChI=1S/C12H14N6/c13-11-14-7-4-9(17-11)10-3-1-8-18(10)12-15-5-2-6-16-12/h2,4-7,10H,1,3,8H2,(H2,13,14,17). The van der Waals surface area contributed by atoms with Crippen LogP contribution in [0.25, 0.3) is 0 Å². The molecule has 2 N–H and O–H groups in total. The lowest BCUT2D eigenvalue weighted by Gasteiger charge is -2.23. The van der Waals surface area contributed by atoms with Gasteiger partial charge in [0.05, 0.1) is 11.7 Å². The zero-order valence-electron chi connectivity index (χ0n) is 9.90. The van der Waals surface area contributed by atoms with Crippen LogP contribution in [0.15, 0.2) is 30.7 Å². The number of aromatic nitrogens is 4. The van der Waals surface area contributed by atoms with Crippen LogP contribution in [0.1, 0.15) is 24.6 Å². The van der Waals surface area contributed by atoms with E-state index in [1.807, 2.05) is 12.1 Å². The summed E-state index contributed by atoms with van der Waals surface area (Å²) in [6.45, 7) is 0.943. The minimum Gasteiger partial charge on any atom is -0.368 e. The molecule has 2 aromatic heterocycles. The van der Waals surface area contributed by atoms with Crippen LogP contribution >= 0.6 is 0 Å². The molecule has 0 aromatic carbocycles. The Morgan fingerprint density at radius 2 is 2.00 bits per heavy atom. The van der Waals surface area contributed by atoms with Gasteiger partial charge in [-0.1, -0.05) is 0 Å². The number of rotatable bonds is 2. The smallest absolute Gasteiger partial charge is 0.225 e. The first-order chi connectivity index (χ1) is 8.84. The summed E-state index contributed by atoms with van der Waals surface area (Å²) >= 11 is 0. The van der Waals surface area contributed by atoms with Gasteiger partial charge in [-0.05, 0) is 25.0 Å². The van der Waals surface area contributed by atoms with E-state index in [4.69, 9.17) is 5.73 Å². The molecule has 6 heteroatoms. The summed E-state index contributed by atoms with van der Waals surface area (Å²) in [6.07, 6.45) is 7.35. The van der Waals surface area contributed by atoms with Crippen LogP contribution in [-0.4, -0.2) is 26.5 Å². The molecule has 0 radical (unpaired) electrons. The van der Waals surface area contributed by atoms with Gasteiger partial charge in [-0.3, -0.25) is 0 Å². The fourth-order valence-corrected chi connectivity index (χ4v) is 2.33. The predicted octanol–water partition coefficient (Wildman–Crippen LogP) is 1.19. The fraction of sp³-hybridized carbons (Fsp3) is 0.333. The highest BCUT2D eigenvalue weighted by Gasteiger charge is 2.28. The van der Waals surface area contributed by atoms with Crippen molar-refractivity contribution < 1.29 is 0 Å². The van der Waals surface area contributed by atoms with E-state index in [1.54, 1.807) is 18.6 Å². The number of anilines is 2. The average Bonchev–Trinajstić information content (AvgIpc) is 2.89. The number of nitrogens with two attached hydrogens (primary N) is 1. The Bertz CT molecular complexity index is 529. The van der Waals surface area contributed by atoms with Crippen LogP contribution in [-0.2, 0) is 0 Å². The SMILES string of the molecule is Nc1nccc(C2CCCN2c2ncccn2)n1. The molecule has 1 fully saturated rings. The van der Waals surface area contributed by atoms with Gasteiger partial charge in [0.1, 0.15) is 0 Å². The normalized spacial score (nSPS) is 19.1. The molecule has 3 rings (SSSR count). The van der Waals surface area contributed by atoms with Crippen LogP contribution in [0.4, 0.5) is 11.9 Å². The first-order valence-corrected chi connectivity index (χ1v) is 5.96. The van der Waals surface area contributed by atoms with Crippen molar-refractivity contribution in [3.05, 3.63) is 36.4 Å². The summed E-state index contributed by atoms with van der Waals surface area (Å²) in [7, 11) is 0. The maximum absolute atomic E-state index is 5.64. The van der Waals surface area contributed by atoms with Crippen molar-refractivity contribution >= 4 is 11.9 Å². The third-order valence-corrected chi connectivity index (χ3v) is 3.10. The second-order valence-electron chi connectivity index (χ2n) is 4.24. The zero-order chi connectivity index (χ0) is 12.4. The highest BCUT2D eigenvalue weighted by atomic mass is 15.3. The fourth-order valence-electron chi connectivity index (χ4n) is 2.33. The number of nitrogens with zero attached hydrogens (tertiary/aromatic N) is 5. The number of nitrogen functional groups attached to an aromatic ring is 1. The molecule has 6 nitrogen and oxygen atoms in total. The highest BCUT2D eigenvalue weighted by Crippen LogP contribution is 2.33. The Balaban J connectivity index is 1.92. The van der Waals surface area contributed by atoms with E-state index in [1.165, 1.54) is 0 Å². The minimum absolute atomic E-state index is 0.192. The third-order valence-electron chi connectivity index (χ3n) is 3.10. The third kappa shape index (κ3) is 1.97. The molecule has 0 spiro atoms. The average molecular weight is 242 g/mol. The van der Waals surface area contributed by atoms with Crippen molar-refractivity contribution in [1.29, 1.82) is 0 Å². The number of hydrogen-bond acceptors (Lipinski definition) is 6. The topological polar surface area (TPSA) is 80.8 Å². The molecule has 1 saturated heterocycles.